The molecule has 1 aliphatic rings. The maximum absolute atomic E-state index is 6.03. The zero-order chi connectivity index (χ0) is 14.7. The molecule has 0 radical (unpaired) electrons. The summed E-state index contributed by atoms with van der Waals surface area (Å²) < 4.78 is 11.7. The van der Waals surface area contributed by atoms with Gasteiger partial charge in [-0.2, -0.15) is 0 Å². The van der Waals surface area contributed by atoms with Gasteiger partial charge in [0, 0.05) is 29.2 Å². The highest BCUT2D eigenvalue weighted by Gasteiger charge is 2.20. The summed E-state index contributed by atoms with van der Waals surface area (Å²) >= 11 is 12.0. The highest BCUT2D eigenvalue weighted by Crippen LogP contribution is 2.32. The normalized spacial score (nSPS) is 14.6. The van der Waals surface area contributed by atoms with Crippen LogP contribution in [0, 0.1) is 0 Å². The molecule has 5 heteroatoms. The molecule has 0 unspecified atom stereocenters. The Hall–Kier alpha value is -1.42. The molecular weight excluding hydrogens is 309 g/mol. The van der Waals surface area contributed by atoms with Crippen molar-refractivity contribution in [3.63, 3.8) is 0 Å². The van der Waals surface area contributed by atoms with E-state index in [1.54, 1.807) is 12.1 Å². The average molecular weight is 324 g/mol. The highest BCUT2D eigenvalue weighted by molar-refractivity contribution is 6.31. The number of halogens is 2. The van der Waals surface area contributed by atoms with Crippen molar-refractivity contribution in [2.24, 2.45) is 0 Å². The van der Waals surface area contributed by atoms with E-state index in [2.05, 4.69) is 5.32 Å². The van der Waals surface area contributed by atoms with Crippen molar-refractivity contribution in [1.29, 1.82) is 0 Å². The number of hydrogen-bond acceptors (Lipinski definition) is 3. The fourth-order valence-corrected chi connectivity index (χ4v) is 2.38. The van der Waals surface area contributed by atoms with E-state index in [1.165, 1.54) is 0 Å². The van der Waals surface area contributed by atoms with E-state index in [4.69, 9.17) is 32.7 Å². The number of nitrogens with one attached hydrogen (secondary N) is 1. The van der Waals surface area contributed by atoms with Gasteiger partial charge in [-0.3, -0.25) is 0 Å². The van der Waals surface area contributed by atoms with Crippen molar-refractivity contribution in [3.05, 3.63) is 58.1 Å². The van der Waals surface area contributed by atoms with E-state index in [0.717, 1.165) is 18.7 Å². The third kappa shape index (κ3) is 3.82. The van der Waals surface area contributed by atoms with Crippen molar-refractivity contribution in [2.75, 3.05) is 13.1 Å². The summed E-state index contributed by atoms with van der Waals surface area (Å²) in [5.41, 5.74) is 1.01. The molecule has 1 aliphatic heterocycles. The van der Waals surface area contributed by atoms with Gasteiger partial charge in [0.05, 0.1) is 0 Å². The Labute approximate surface area is 133 Å². The monoisotopic (exact) mass is 323 g/mol. The van der Waals surface area contributed by atoms with E-state index in [0.29, 0.717) is 28.2 Å². The van der Waals surface area contributed by atoms with Crippen molar-refractivity contribution in [1.82, 2.24) is 5.32 Å². The van der Waals surface area contributed by atoms with E-state index < -0.39 is 0 Å². The molecule has 1 fully saturated rings. The lowest BCUT2D eigenvalue weighted by atomic mass is 10.2. The molecule has 0 aromatic heterocycles. The Morgan fingerprint density at radius 1 is 1.00 bits per heavy atom. The van der Waals surface area contributed by atoms with Gasteiger partial charge in [0.25, 0.3) is 0 Å². The van der Waals surface area contributed by atoms with Gasteiger partial charge in [0.1, 0.15) is 12.7 Å². The Bertz CT molecular complexity index is 629. The van der Waals surface area contributed by atoms with Gasteiger partial charge in [-0.05, 0) is 29.8 Å². The first-order valence-electron chi connectivity index (χ1n) is 6.75. The van der Waals surface area contributed by atoms with Crippen LogP contribution in [0.4, 0.5) is 0 Å². The lowest BCUT2D eigenvalue weighted by molar-refractivity contribution is 0.134. The minimum Gasteiger partial charge on any atom is -0.485 e. The molecule has 3 nitrogen and oxygen atoms in total. The molecule has 3 rings (SSSR count). The van der Waals surface area contributed by atoms with Crippen LogP contribution in [0.15, 0.2) is 42.5 Å². The largest absolute Gasteiger partial charge is 0.485 e. The first-order valence-corrected chi connectivity index (χ1v) is 7.50. The van der Waals surface area contributed by atoms with Crippen LogP contribution in [-0.4, -0.2) is 19.2 Å². The lowest BCUT2D eigenvalue weighted by Gasteiger charge is -2.28. The summed E-state index contributed by atoms with van der Waals surface area (Å²) in [6, 6.07) is 13.0. The number of hydrogen-bond donors (Lipinski definition) is 1. The van der Waals surface area contributed by atoms with Gasteiger partial charge in [-0.25, -0.2) is 0 Å². The van der Waals surface area contributed by atoms with Crippen molar-refractivity contribution in [2.45, 2.75) is 12.7 Å². The Morgan fingerprint density at radius 3 is 2.52 bits per heavy atom. The molecule has 2 aromatic rings. The van der Waals surface area contributed by atoms with E-state index >= 15 is 0 Å². The molecule has 1 saturated heterocycles. The third-order valence-electron chi connectivity index (χ3n) is 3.23. The van der Waals surface area contributed by atoms with Crippen LogP contribution >= 0.6 is 23.2 Å². The van der Waals surface area contributed by atoms with E-state index in [1.807, 2.05) is 30.3 Å². The maximum Gasteiger partial charge on any atom is 0.163 e. The Kier molecular flexibility index (Phi) is 4.54. The Balaban J connectivity index is 1.71. The van der Waals surface area contributed by atoms with Crippen molar-refractivity contribution >= 4 is 23.2 Å². The highest BCUT2D eigenvalue weighted by atomic mass is 35.5. The second-order valence-electron chi connectivity index (χ2n) is 4.91. The molecule has 0 saturated carbocycles. The summed E-state index contributed by atoms with van der Waals surface area (Å²) in [4.78, 5) is 0. The SMILES string of the molecule is Clc1cccc(COc2ccc(Cl)cc2OC2CNC2)c1. The van der Waals surface area contributed by atoms with Gasteiger partial charge >= 0.3 is 0 Å². The molecular formula is C16H15Cl2NO2. The average Bonchev–Trinajstić information content (AvgIpc) is 2.42. The third-order valence-corrected chi connectivity index (χ3v) is 3.70. The first-order chi connectivity index (χ1) is 10.2. The van der Waals surface area contributed by atoms with Gasteiger partial charge in [0.15, 0.2) is 11.5 Å². The summed E-state index contributed by atoms with van der Waals surface area (Å²) in [7, 11) is 0. The maximum atomic E-state index is 6.03. The van der Waals surface area contributed by atoms with Crippen molar-refractivity contribution < 1.29 is 9.47 Å². The molecule has 21 heavy (non-hydrogen) atoms. The van der Waals surface area contributed by atoms with Gasteiger partial charge < -0.3 is 14.8 Å². The van der Waals surface area contributed by atoms with Crippen LogP contribution in [0.2, 0.25) is 10.0 Å². The number of ether oxygens (including phenoxy) is 2. The quantitative estimate of drug-likeness (QED) is 0.904. The molecule has 1 heterocycles. The van der Waals surface area contributed by atoms with Crippen LogP contribution in [-0.2, 0) is 6.61 Å². The van der Waals surface area contributed by atoms with Gasteiger partial charge in [0.2, 0.25) is 0 Å². The number of benzene rings is 2. The molecule has 2 aromatic carbocycles. The summed E-state index contributed by atoms with van der Waals surface area (Å²) in [6.45, 7) is 2.13. The molecule has 0 spiro atoms. The summed E-state index contributed by atoms with van der Waals surface area (Å²) in [5.74, 6) is 1.36. The molecule has 0 aliphatic carbocycles. The van der Waals surface area contributed by atoms with Crippen LogP contribution in [0.25, 0.3) is 0 Å². The summed E-state index contributed by atoms with van der Waals surface area (Å²) in [5, 5.41) is 4.50. The zero-order valence-electron chi connectivity index (χ0n) is 11.3. The van der Waals surface area contributed by atoms with Crippen LogP contribution < -0.4 is 14.8 Å². The second-order valence-corrected chi connectivity index (χ2v) is 5.78. The topological polar surface area (TPSA) is 30.5 Å². The van der Waals surface area contributed by atoms with Crippen LogP contribution in [0.1, 0.15) is 5.56 Å². The second kappa shape index (κ2) is 6.56. The summed E-state index contributed by atoms with van der Waals surface area (Å²) in [6.07, 6.45) is 0.178. The predicted octanol–water partition coefficient (Wildman–Crippen LogP) is 3.92. The molecule has 110 valence electrons. The van der Waals surface area contributed by atoms with E-state index in [9.17, 15) is 0 Å². The lowest BCUT2D eigenvalue weighted by Crippen LogP contribution is -2.50. The number of rotatable bonds is 5. The first kappa shape index (κ1) is 14.5. The Morgan fingerprint density at radius 2 is 1.81 bits per heavy atom. The van der Waals surface area contributed by atoms with Crippen LogP contribution in [0.3, 0.4) is 0 Å². The fraction of sp³-hybridized carbons (Fsp3) is 0.250. The fourth-order valence-electron chi connectivity index (χ4n) is 2.01. The zero-order valence-corrected chi connectivity index (χ0v) is 12.8. The predicted molar refractivity (Wildman–Crippen MR) is 84.5 cm³/mol. The molecule has 0 bridgehead atoms. The minimum atomic E-state index is 0.178. The molecule has 1 N–H and O–H groups in total. The van der Waals surface area contributed by atoms with Crippen LogP contribution in [0.5, 0.6) is 11.5 Å². The van der Waals surface area contributed by atoms with Gasteiger partial charge in [-0.15, -0.1) is 0 Å². The minimum absolute atomic E-state index is 0.178. The van der Waals surface area contributed by atoms with Gasteiger partial charge in [-0.1, -0.05) is 35.3 Å². The molecule has 0 atom stereocenters. The standard InChI is InChI=1S/C16H15Cl2NO2/c17-12-3-1-2-11(6-12)10-20-15-5-4-13(18)7-16(15)21-14-8-19-9-14/h1-7,14,19H,8-10H2. The smallest absolute Gasteiger partial charge is 0.163 e. The van der Waals surface area contributed by atoms with Crippen molar-refractivity contribution in [3.8, 4) is 11.5 Å². The van der Waals surface area contributed by atoms with E-state index in [-0.39, 0.29) is 6.10 Å². The molecule has 0 amide bonds.